The first-order valence-electron chi connectivity index (χ1n) is 9.38. The minimum absolute atomic E-state index is 0. The van der Waals surface area contributed by atoms with E-state index in [0.717, 1.165) is 6.54 Å². The molecule has 145 valence electrons. The third kappa shape index (κ3) is 7.73. The van der Waals surface area contributed by atoms with Crippen molar-refractivity contribution >= 4 is 0 Å². The quantitative estimate of drug-likeness (QED) is 0.319. The first-order chi connectivity index (χ1) is 10.4. The Morgan fingerprint density at radius 2 is 1.44 bits per heavy atom. The molecule has 4 atom stereocenters. The number of hydrogen-bond acceptors (Lipinski definition) is 1. The van der Waals surface area contributed by atoms with E-state index in [9.17, 15) is 0 Å². The standard InChI is InChI=1S/C21H38N.2CH3.Ti/c1-9-15(4)19-14-20(16(5)10-2)21(17(6)11-3)18(19)12-13-22(7)8;;;/h15-17,19H,9-13H2,1-8H3;2*1H3;/q3*-1;+3. The van der Waals surface area contributed by atoms with Gasteiger partial charge in [0.25, 0.3) is 0 Å². The minimum atomic E-state index is 0. The van der Waals surface area contributed by atoms with Gasteiger partial charge >= 0.3 is 21.7 Å². The van der Waals surface area contributed by atoms with Crippen molar-refractivity contribution in [1.82, 2.24) is 4.90 Å². The predicted molar refractivity (Wildman–Crippen MR) is 112 cm³/mol. The Bertz CT molecular complexity index is 408. The summed E-state index contributed by atoms with van der Waals surface area (Å²) in [5.74, 6) is 2.57. The maximum atomic E-state index is 3.96. The van der Waals surface area contributed by atoms with Gasteiger partial charge in [0.2, 0.25) is 0 Å². The van der Waals surface area contributed by atoms with Gasteiger partial charge < -0.3 is 19.8 Å². The van der Waals surface area contributed by atoms with Crippen molar-refractivity contribution in [2.75, 3.05) is 20.6 Å². The van der Waals surface area contributed by atoms with Crippen molar-refractivity contribution < 1.29 is 21.7 Å². The minimum Gasteiger partial charge on any atom is -0.358 e. The Hall–Kier alpha value is 0.154. The van der Waals surface area contributed by atoms with Gasteiger partial charge in [0.1, 0.15) is 0 Å². The van der Waals surface area contributed by atoms with Crippen LogP contribution in [0.3, 0.4) is 0 Å². The number of rotatable bonds is 9. The van der Waals surface area contributed by atoms with E-state index in [-0.39, 0.29) is 36.6 Å². The average Bonchev–Trinajstić information content (AvgIpc) is 2.89. The normalized spacial score (nSPS) is 20.2. The Morgan fingerprint density at radius 3 is 1.84 bits per heavy atom. The number of nitrogens with zero attached hydrogens (tertiary/aromatic N) is 1. The molecule has 25 heavy (non-hydrogen) atoms. The van der Waals surface area contributed by atoms with Crippen LogP contribution in [0.2, 0.25) is 0 Å². The molecule has 4 unspecified atom stereocenters. The third-order valence-corrected chi connectivity index (χ3v) is 5.57. The molecule has 1 rings (SSSR count). The van der Waals surface area contributed by atoms with E-state index in [0.29, 0.717) is 23.7 Å². The smallest absolute Gasteiger partial charge is 0.358 e. The fourth-order valence-corrected chi connectivity index (χ4v) is 3.43. The van der Waals surface area contributed by atoms with E-state index < -0.39 is 0 Å². The molecule has 1 aliphatic carbocycles. The zero-order valence-corrected chi connectivity index (χ0v) is 20.4. The summed E-state index contributed by atoms with van der Waals surface area (Å²) in [7, 11) is 4.37. The fourth-order valence-electron chi connectivity index (χ4n) is 3.43. The van der Waals surface area contributed by atoms with Crippen LogP contribution in [0.4, 0.5) is 0 Å². The first kappa shape index (κ1) is 29.9. The van der Waals surface area contributed by atoms with Crippen molar-refractivity contribution in [2.24, 2.45) is 23.7 Å². The van der Waals surface area contributed by atoms with Crippen LogP contribution in [0.1, 0.15) is 67.2 Å². The Labute approximate surface area is 175 Å². The second kappa shape index (κ2) is 14.2. The van der Waals surface area contributed by atoms with Gasteiger partial charge in [-0.3, -0.25) is 6.08 Å². The SMILES string of the molecule is CCC(C)C1=[C-]C(C(C)CC)C(CCN(C)C)=C1C(C)CC.[CH3-].[CH3-].[Ti+3]. The van der Waals surface area contributed by atoms with E-state index in [1.807, 2.05) is 0 Å². The van der Waals surface area contributed by atoms with Crippen molar-refractivity contribution in [3.05, 3.63) is 37.6 Å². The van der Waals surface area contributed by atoms with Crippen LogP contribution in [-0.4, -0.2) is 25.5 Å². The van der Waals surface area contributed by atoms with Gasteiger partial charge in [0.05, 0.1) is 0 Å². The molecule has 0 spiro atoms. The van der Waals surface area contributed by atoms with Crippen LogP contribution in [0.15, 0.2) is 16.7 Å². The van der Waals surface area contributed by atoms with Gasteiger partial charge in [0.15, 0.2) is 0 Å². The maximum absolute atomic E-state index is 3.96. The summed E-state index contributed by atoms with van der Waals surface area (Å²) in [6.45, 7) is 15.3. The van der Waals surface area contributed by atoms with Crippen LogP contribution in [0.5, 0.6) is 0 Å². The van der Waals surface area contributed by atoms with E-state index >= 15 is 0 Å². The van der Waals surface area contributed by atoms with Crippen LogP contribution in [0.25, 0.3) is 0 Å². The average molecular weight is 382 g/mol. The second-order valence-electron chi connectivity index (χ2n) is 7.53. The molecule has 2 heteroatoms. The molecule has 0 bridgehead atoms. The molecule has 0 N–H and O–H groups in total. The van der Waals surface area contributed by atoms with Gasteiger partial charge in [-0.2, -0.15) is 11.1 Å². The van der Waals surface area contributed by atoms with E-state index in [1.54, 1.807) is 16.7 Å². The summed E-state index contributed by atoms with van der Waals surface area (Å²) in [5.41, 5.74) is 4.92. The van der Waals surface area contributed by atoms with E-state index in [2.05, 4.69) is 66.6 Å². The molecule has 0 saturated heterocycles. The van der Waals surface area contributed by atoms with Crippen molar-refractivity contribution in [1.29, 1.82) is 0 Å². The summed E-state index contributed by atoms with van der Waals surface area (Å²) in [6, 6.07) is 0. The maximum Gasteiger partial charge on any atom is 3.00 e. The van der Waals surface area contributed by atoms with Gasteiger partial charge in [0, 0.05) is 0 Å². The molecular weight excluding hydrogens is 338 g/mol. The zero-order chi connectivity index (χ0) is 16.9. The fraction of sp³-hybridized carbons (Fsp3) is 0.739. The molecule has 1 aliphatic rings. The summed E-state index contributed by atoms with van der Waals surface area (Å²) in [4.78, 5) is 2.32. The monoisotopic (exact) mass is 382 g/mol. The van der Waals surface area contributed by atoms with Crippen LogP contribution in [0, 0.1) is 44.6 Å². The Kier molecular flexibility index (Phi) is 17.0. The molecule has 1 nitrogen and oxygen atoms in total. The molecule has 0 amide bonds. The van der Waals surface area contributed by atoms with Gasteiger partial charge in [-0.15, -0.1) is 0 Å². The summed E-state index contributed by atoms with van der Waals surface area (Å²) in [6.07, 6.45) is 8.85. The van der Waals surface area contributed by atoms with E-state index in [1.165, 1.54) is 25.7 Å². The van der Waals surface area contributed by atoms with Crippen molar-refractivity contribution in [3.63, 3.8) is 0 Å². The molecule has 0 aliphatic heterocycles. The third-order valence-electron chi connectivity index (χ3n) is 5.57. The summed E-state index contributed by atoms with van der Waals surface area (Å²) >= 11 is 0. The topological polar surface area (TPSA) is 3.24 Å². The van der Waals surface area contributed by atoms with Gasteiger partial charge in [-0.1, -0.05) is 84.5 Å². The molecule has 0 saturated carbocycles. The van der Waals surface area contributed by atoms with Crippen molar-refractivity contribution in [2.45, 2.75) is 67.2 Å². The van der Waals surface area contributed by atoms with E-state index in [4.69, 9.17) is 0 Å². The van der Waals surface area contributed by atoms with Crippen LogP contribution >= 0.6 is 0 Å². The largest absolute Gasteiger partial charge is 3.00 e. The molecule has 0 heterocycles. The summed E-state index contributed by atoms with van der Waals surface area (Å²) in [5, 5.41) is 0. The Balaban J connectivity index is -0.00000161. The molecule has 0 aromatic heterocycles. The van der Waals surface area contributed by atoms with Gasteiger partial charge in [-0.05, 0) is 27.1 Å². The summed E-state index contributed by atoms with van der Waals surface area (Å²) < 4.78 is 0. The molecule has 0 aromatic rings. The predicted octanol–water partition coefficient (Wildman–Crippen LogP) is 6.63. The number of allylic oxidation sites excluding steroid dienone is 3. The van der Waals surface area contributed by atoms with Crippen molar-refractivity contribution in [3.8, 4) is 0 Å². The van der Waals surface area contributed by atoms with Crippen LogP contribution in [-0.2, 0) is 21.7 Å². The zero-order valence-electron chi connectivity index (χ0n) is 18.8. The Morgan fingerprint density at radius 1 is 0.920 bits per heavy atom. The second-order valence-corrected chi connectivity index (χ2v) is 7.53. The number of hydrogen-bond donors (Lipinski definition) is 0. The first-order valence-corrected chi connectivity index (χ1v) is 9.38. The molecule has 0 aromatic carbocycles. The molecule has 1 radical (unpaired) electrons. The van der Waals surface area contributed by atoms with Gasteiger partial charge in [-0.25, -0.2) is 5.57 Å². The molecule has 0 fully saturated rings. The molecular formula is C23H44NTi. The van der Waals surface area contributed by atoms with Crippen LogP contribution < -0.4 is 0 Å².